The molecule has 1 atom stereocenters. The van der Waals surface area contributed by atoms with Gasteiger partial charge in [0.2, 0.25) is 5.91 Å². The predicted molar refractivity (Wildman–Crippen MR) is 75.4 cm³/mol. The normalized spacial score (nSPS) is 23.7. The molecule has 2 N–H and O–H groups in total. The third kappa shape index (κ3) is 3.17. The summed E-state index contributed by atoms with van der Waals surface area (Å²) in [6.07, 6.45) is 2.85. The molecule has 5 nitrogen and oxygen atoms in total. The number of anilines is 1. The molecule has 0 radical (unpaired) electrons. The third-order valence-corrected chi connectivity index (χ3v) is 3.67. The summed E-state index contributed by atoms with van der Waals surface area (Å²) in [5, 5.41) is 6.21. The van der Waals surface area contributed by atoms with Gasteiger partial charge in [0, 0.05) is 11.3 Å². The van der Waals surface area contributed by atoms with Crippen molar-refractivity contribution in [2.24, 2.45) is 0 Å². The van der Waals surface area contributed by atoms with Gasteiger partial charge >= 0.3 is 0 Å². The summed E-state index contributed by atoms with van der Waals surface area (Å²) < 4.78 is 10.9. The lowest BCUT2D eigenvalue weighted by Gasteiger charge is -2.22. The fraction of sp³-hybridized carbons (Fsp3) is 0.533. The average molecular weight is 276 g/mol. The molecular formula is C15H20N2O3. The van der Waals surface area contributed by atoms with Crippen molar-refractivity contribution in [1.29, 1.82) is 0 Å². The quantitative estimate of drug-likeness (QED) is 0.884. The van der Waals surface area contributed by atoms with E-state index < -0.39 is 0 Å². The molecule has 2 fully saturated rings. The molecule has 3 rings (SSSR count). The van der Waals surface area contributed by atoms with Gasteiger partial charge in [-0.2, -0.15) is 0 Å². The van der Waals surface area contributed by atoms with Gasteiger partial charge in [-0.25, -0.2) is 0 Å². The highest BCUT2D eigenvalue weighted by Gasteiger charge is 2.22. The van der Waals surface area contributed by atoms with E-state index in [4.69, 9.17) is 9.47 Å². The van der Waals surface area contributed by atoms with Crippen LogP contribution >= 0.6 is 0 Å². The molecule has 1 amide bonds. The largest absolute Gasteiger partial charge is 0.346 e. The lowest BCUT2D eigenvalue weighted by Crippen LogP contribution is -2.43. The van der Waals surface area contributed by atoms with Gasteiger partial charge in [0.15, 0.2) is 6.29 Å². The van der Waals surface area contributed by atoms with Crippen molar-refractivity contribution in [2.75, 3.05) is 25.1 Å². The molecule has 20 heavy (non-hydrogen) atoms. The van der Waals surface area contributed by atoms with Gasteiger partial charge in [0.1, 0.15) is 0 Å². The number of carbonyl (C=O) groups is 1. The van der Waals surface area contributed by atoms with Crippen LogP contribution in [0, 0.1) is 0 Å². The van der Waals surface area contributed by atoms with Crippen LogP contribution in [0.2, 0.25) is 0 Å². The molecule has 2 saturated heterocycles. The van der Waals surface area contributed by atoms with Crippen molar-refractivity contribution in [2.45, 2.75) is 31.6 Å². The molecule has 1 aromatic carbocycles. The Hall–Kier alpha value is -1.43. The van der Waals surface area contributed by atoms with E-state index in [1.807, 2.05) is 24.3 Å². The summed E-state index contributed by atoms with van der Waals surface area (Å²) in [6, 6.07) is 7.58. The molecule has 0 bridgehead atoms. The smallest absolute Gasteiger partial charge is 0.241 e. The molecule has 108 valence electrons. The zero-order valence-corrected chi connectivity index (χ0v) is 11.4. The van der Waals surface area contributed by atoms with E-state index in [-0.39, 0.29) is 18.2 Å². The van der Waals surface area contributed by atoms with Gasteiger partial charge in [0.25, 0.3) is 0 Å². The summed E-state index contributed by atoms with van der Waals surface area (Å²) in [6.45, 7) is 2.16. The summed E-state index contributed by atoms with van der Waals surface area (Å²) >= 11 is 0. The van der Waals surface area contributed by atoms with Crippen LogP contribution in [0.15, 0.2) is 24.3 Å². The summed E-state index contributed by atoms with van der Waals surface area (Å²) in [5.74, 6) is 0.0371. The predicted octanol–water partition coefficient (Wildman–Crippen LogP) is 1.81. The van der Waals surface area contributed by atoms with Crippen molar-refractivity contribution in [3.63, 3.8) is 0 Å². The van der Waals surface area contributed by atoms with Gasteiger partial charge in [-0.05, 0) is 31.5 Å². The molecular weight excluding hydrogens is 256 g/mol. The Morgan fingerprint density at radius 1 is 1.25 bits per heavy atom. The summed E-state index contributed by atoms with van der Waals surface area (Å²) in [4.78, 5) is 12.2. The van der Waals surface area contributed by atoms with Crippen molar-refractivity contribution < 1.29 is 14.3 Å². The molecule has 2 aliphatic heterocycles. The molecule has 5 heteroatoms. The second-order valence-corrected chi connectivity index (χ2v) is 5.19. The Morgan fingerprint density at radius 2 is 2.10 bits per heavy atom. The van der Waals surface area contributed by atoms with Crippen LogP contribution in [0.3, 0.4) is 0 Å². The summed E-state index contributed by atoms with van der Waals surface area (Å²) in [5.41, 5.74) is 1.73. The van der Waals surface area contributed by atoms with E-state index in [0.29, 0.717) is 13.2 Å². The Balaban J connectivity index is 1.64. The second-order valence-electron chi connectivity index (χ2n) is 5.19. The first-order chi connectivity index (χ1) is 9.83. The number of hydrogen-bond acceptors (Lipinski definition) is 4. The van der Waals surface area contributed by atoms with Gasteiger partial charge in [-0.3, -0.25) is 4.79 Å². The Morgan fingerprint density at radius 3 is 2.85 bits per heavy atom. The first kappa shape index (κ1) is 13.5. The highest BCUT2D eigenvalue weighted by atomic mass is 16.7. The Kier molecular flexibility index (Phi) is 4.30. The standard InChI is InChI=1S/C15H20N2O3/c18-14(13-6-1-2-7-16-13)17-12-5-3-4-11(10-12)15-19-8-9-20-15/h3-5,10,13,15-16H,1-2,6-9H2,(H,17,18)/t13-/m1/s1. The number of rotatable bonds is 3. The topological polar surface area (TPSA) is 59.6 Å². The van der Waals surface area contributed by atoms with E-state index in [2.05, 4.69) is 10.6 Å². The third-order valence-electron chi connectivity index (χ3n) is 3.67. The molecule has 0 unspecified atom stereocenters. The van der Waals surface area contributed by atoms with Crippen molar-refractivity contribution in [1.82, 2.24) is 5.32 Å². The Labute approximate surface area is 118 Å². The minimum absolute atomic E-state index is 0.0371. The van der Waals surface area contributed by atoms with E-state index in [1.165, 1.54) is 0 Å². The van der Waals surface area contributed by atoms with E-state index in [1.54, 1.807) is 0 Å². The lowest BCUT2D eigenvalue weighted by atomic mass is 10.0. The van der Waals surface area contributed by atoms with Crippen molar-refractivity contribution >= 4 is 11.6 Å². The molecule has 2 heterocycles. The van der Waals surface area contributed by atoms with Gasteiger partial charge in [0.05, 0.1) is 19.3 Å². The second kappa shape index (κ2) is 6.35. The monoisotopic (exact) mass is 276 g/mol. The SMILES string of the molecule is O=C(Nc1cccc(C2OCCO2)c1)[C@H]1CCCCN1. The number of hydrogen-bond donors (Lipinski definition) is 2. The van der Waals surface area contributed by atoms with Crippen LogP contribution < -0.4 is 10.6 Å². The zero-order valence-electron chi connectivity index (χ0n) is 11.4. The number of ether oxygens (including phenoxy) is 2. The van der Waals surface area contributed by atoms with Crippen LogP contribution in [0.1, 0.15) is 31.1 Å². The minimum Gasteiger partial charge on any atom is -0.346 e. The molecule has 0 spiro atoms. The van der Waals surface area contributed by atoms with Crippen LogP contribution in [-0.4, -0.2) is 31.7 Å². The number of amides is 1. The van der Waals surface area contributed by atoms with Crippen LogP contribution in [0.25, 0.3) is 0 Å². The van der Waals surface area contributed by atoms with E-state index >= 15 is 0 Å². The fourth-order valence-corrected chi connectivity index (χ4v) is 2.62. The highest BCUT2D eigenvalue weighted by Crippen LogP contribution is 2.25. The number of carbonyl (C=O) groups excluding carboxylic acids is 1. The van der Waals surface area contributed by atoms with Crippen molar-refractivity contribution in [3.05, 3.63) is 29.8 Å². The molecule has 0 saturated carbocycles. The van der Waals surface area contributed by atoms with Gasteiger partial charge < -0.3 is 20.1 Å². The van der Waals surface area contributed by atoms with Crippen LogP contribution in [0.4, 0.5) is 5.69 Å². The first-order valence-electron chi connectivity index (χ1n) is 7.20. The minimum atomic E-state index is -0.306. The number of benzene rings is 1. The maximum atomic E-state index is 12.2. The average Bonchev–Trinajstić information content (AvgIpc) is 3.03. The molecule has 2 aliphatic rings. The van der Waals surface area contributed by atoms with Gasteiger partial charge in [-0.15, -0.1) is 0 Å². The molecule has 1 aromatic rings. The van der Waals surface area contributed by atoms with E-state index in [9.17, 15) is 4.79 Å². The van der Waals surface area contributed by atoms with E-state index in [0.717, 1.165) is 37.1 Å². The maximum absolute atomic E-state index is 12.2. The number of piperidine rings is 1. The zero-order chi connectivity index (χ0) is 13.8. The van der Waals surface area contributed by atoms with Crippen LogP contribution in [-0.2, 0) is 14.3 Å². The fourth-order valence-electron chi connectivity index (χ4n) is 2.62. The van der Waals surface area contributed by atoms with Crippen LogP contribution in [0.5, 0.6) is 0 Å². The number of nitrogens with one attached hydrogen (secondary N) is 2. The summed E-state index contributed by atoms with van der Waals surface area (Å²) in [7, 11) is 0. The van der Waals surface area contributed by atoms with Crippen molar-refractivity contribution in [3.8, 4) is 0 Å². The molecule has 0 aromatic heterocycles. The van der Waals surface area contributed by atoms with Gasteiger partial charge in [-0.1, -0.05) is 18.6 Å². The molecule has 0 aliphatic carbocycles. The highest BCUT2D eigenvalue weighted by molar-refractivity contribution is 5.94. The first-order valence-corrected chi connectivity index (χ1v) is 7.20. The maximum Gasteiger partial charge on any atom is 0.241 e. The lowest BCUT2D eigenvalue weighted by molar-refractivity contribution is -0.118. The Bertz CT molecular complexity index is 466.